The summed E-state index contributed by atoms with van der Waals surface area (Å²) in [6, 6.07) is 9.94. The van der Waals surface area contributed by atoms with Gasteiger partial charge in [-0.3, -0.25) is 9.78 Å². The van der Waals surface area contributed by atoms with Crippen LogP contribution in [0.3, 0.4) is 0 Å². The average molecular weight is 306 g/mol. The number of pyridine rings is 1. The third-order valence-corrected chi connectivity index (χ3v) is 4.27. The van der Waals surface area contributed by atoms with E-state index in [1.807, 2.05) is 48.3 Å². The van der Waals surface area contributed by atoms with Crippen molar-refractivity contribution in [1.29, 1.82) is 0 Å². The maximum absolute atomic E-state index is 10.1. The summed E-state index contributed by atoms with van der Waals surface area (Å²) in [4.78, 5) is 8.71. The largest absolute Gasteiger partial charge is 0.386 e. The van der Waals surface area contributed by atoms with Gasteiger partial charge in [0, 0.05) is 35.8 Å². The topological polar surface area (TPSA) is 66.7 Å². The molecule has 23 heavy (non-hydrogen) atoms. The number of nitrogens with zero attached hydrogens (tertiary/aromatic N) is 3. The molecule has 0 aliphatic carbocycles. The summed E-state index contributed by atoms with van der Waals surface area (Å²) in [5, 5.41) is 15.6. The van der Waals surface area contributed by atoms with Crippen LogP contribution in [0, 0.1) is 0 Å². The van der Waals surface area contributed by atoms with Crippen molar-refractivity contribution in [2.45, 2.75) is 19.4 Å². The van der Waals surface area contributed by atoms with Gasteiger partial charge >= 0.3 is 0 Å². The van der Waals surface area contributed by atoms with E-state index in [1.54, 1.807) is 20.0 Å². The number of nitrogens with one attached hydrogen (secondary N) is 1. The highest BCUT2D eigenvalue weighted by Gasteiger charge is 2.17. The Hall–Kier alpha value is -2.66. The van der Waals surface area contributed by atoms with E-state index in [0.29, 0.717) is 0 Å². The predicted octanol–water partition coefficient (Wildman–Crippen LogP) is 3.34. The Morgan fingerprint density at radius 1 is 1.04 bits per heavy atom. The second-order valence-electron chi connectivity index (χ2n) is 6.38. The van der Waals surface area contributed by atoms with Crippen LogP contribution in [-0.4, -0.2) is 24.9 Å². The molecule has 5 heteroatoms. The van der Waals surface area contributed by atoms with Crippen molar-refractivity contribution in [1.82, 2.24) is 19.7 Å². The van der Waals surface area contributed by atoms with E-state index in [4.69, 9.17) is 0 Å². The Morgan fingerprint density at radius 3 is 2.48 bits per heavy atom. The van der Waals surface area contributed by atoms with E-state index in [-0.39, 0.29) is 0 Å². The van der Waals surface area contributed by atoms with Crippen molar-refractivity contribution in [3.05, 3.63) is 48.3 Å². The molecular weight excluding hydrogens is 288 g/mol. The van der Waals surface area contributed by atoms with E-state index >= 15 is 0 Å². The second-order valence-corrected chi connectivity index (χ2v) is 6.38. The van der Waals surface area contributed by atoms with Crippen molar-refractivity contribution < 1.29 is 5.11 Å². The Bertz CT molecular complexity index is 1000. The van der Waals surface area contributed by atoms with Crippen LogP contribution in [0.4, 0.5) is 0 Å². The fourth-order valence-corrected chi connectivity index (χ4v) is 3.04. The number of fused-ring (bicyclic) bond motifs is 3. The molecule has 2 N–H and O–H groups in total. The fourth-order valence-electron chi connectivity index (χ4n) is 3.04. The summed E-state index contributed by atoms with van der Waals surface area (Å²) in [5.41, 5.74) is 3.98. The first kappa shape index (κ1) is 14.0. The van der Waals surface area contributed by atoms with Crippen LogP contribution >= 0.6 is 0 Å². The molecule has 0 aliphatic heterocycles. The monoisotopic (exact) mass is 306 g/mol. The molecule has 0 amide bonds. The van der Waals surface area contributed by atoms with Gasteiger partial charge in [-0.2, -0.15) is 0 Å². The maximum Gasteiger partial charge on any atom is 0.161 e. The lowest BCUT2D eigenvalue weighted by atomic mass is 9.96. The van der Waals surface area contributed by atoms with E-state index in [2.05, 4.69) is 15.1 Å². The molecule has 0 fully saturated rings. The maximum atomic E-state index is 10.1. The molecule has 0 atom stereocenters. The minimum absolute atomic E-state index is 0.760. The van der Waals surface area contributed by atoms with Gasteiger partial charge in [0.15, 0.2) is 5.65 Å². The SMILES string of the molecule is Cn1[nH]c(-c2ccc(C(C)(C)O)cc2)c2cnc3nccc3c21. The molecular formula is C18H18N4O. The average Bonchev–Trinajstić information content (AvgIpc) is 3.10. The number of aryl methyl sites for hydroxylation is 1. The molecule has 0 radical (unpaired) electrons. The van der Waals surface area contributed by atoms with Gasteiger partial charge < -0.3 is 5.11 Å². The smallest absolute Gasteiger partial charge is 0.161 e. The Labute approximate surface area is 133 Å². The van der Waals surface area contributed by atoms with Gasteiger partial charge in [0.1, 0.15) is 0 Å². The molecule has 3 aromatic heterocycles. The van der Waals surface area contributed by atoms with Gasteiger partial charge in [0.05, 0.1) is 16.8 Å². The Balaban J connectivity index is 1.92. The first-order valence-corrected chi connectivity index (χ1v) is 7.56. The molecule has 0 spiro atoms. The number of aliphatic hydroxyl groups is 1. The van der Waals surface area contributed by atoms with Crippen LogP contribution in [0.2, 0.25) is 0 Å². The summed E-state index contributed by atoms with van der Waals surface area (Å²) in [7, 11) is 1.99. The molecule has 0 aliphatic rings. The lowest BCUT2D eigenvalue weighted by molar-refractivity contribution is 0.0786. The number of aromatic amines is 1. The number of hydrogen-bond acceptors (Lipinski definition) is 3. The van der Waals surface area contributed by atoms with Crippen molar-refractivity contribution in [3.8, 4) is 11.3 Å². The zero-order valence-electron chi connectivity index (χ0n) is 13.3. The van der Waals surface area contributed by atoms with Gasteiger partial charge in [-0.25, -0.2) is 9.97 Å². The minimum Gasteiger partial charge on any atom is -0.386 e. The summed E-state index contributed by atoms with van der Waals surface area (Å²) >= 11 is 0. The Morgan fingerprint density at radius 2 is 1.78 bits per heavy atom. The molecule has 5 nitrogen and oxygen atoms in total. The highest BCUT2D eigenvalue weighted by molar-refractivity contribution is 6.07. The van der Waals surface area contributed by atoms with Crippen LogP contribution in [0.25, 0.3) is 33.2 Å². The lowest BCUT2D eigenvalue weighted by Crippen LogP contribution is -2.14. The van der Waals surface area contributed by atoms with Gasteiger partial charge in [-0.1, -0.05) is 24.3 Å². The number of H-pyrrole nitrogens is 1. The Kier molecular flexibility index (Phi) is 2.83. The molecule has 0 unspecified atom stereocenters. The van der Waals surface area contributed by atoms with E-state index in [0.717, 1.165) is 38.8 Å². The van der Waals surface area contributed by atoms with Gasteiger partial charge in [0.2, 0.25) is 0 Å². The van der Waals surface area contributed by atoms with Gasteiger partial charge in [-0.15, -0.1) is 0 Å². The standard InChI is InChI=1S/C18H18N4O/c1-18(2,23)12-6-4-11(5-7-12)15-14-10-20-17-13(8-9-19-17)16(14)22(3)21-15/h4-10,21,23H,1-3H3. The van der Waals surface area contributed by atoms with Gasteiger partial charge in [0.25, 0.3) is 0 Å². The summed E-state index contributed by atoms with van der Waals surface area (Å²) in [5.74, 6) is 0. The minimum atomic E-state index is -0.838. The third kappa shape index (κ3) is 2.12. The molecule has 0 saturated carbocycles. The van der Waals surface area contributed by atoms with E-state index in [1.165, 1.54) is 0 Å². The van der Waals surface area contributed by atoms with E-state index < -0.39 is 5.60 Å². The first-order valence-electron chi connectivity index (χ1n) is 7.56. The summed E-state index contributed by atoms with van der Waals surface area (Å²) in [6.07, 6.45) is 3.64. The fraction of sp³-hybridized carbons (Fsp3) is 0.222. The molecule has 0 saturated heterocycles. The highest BCUT2D eigenvalue weighted by Crippen LogP contribution is 2.32. The molecule has 116 valence electrons. The van der Waals surface area contributed by atoms with Crippen molar-refractivity contribution >= 4 is 21.9 Å². The zero-order valence-corrected chi connectivity index (χ0v) is 13.3. The van der Waals surface area contributed by atoms with Crippen LogP contribution in [0.15, 0.2) is 42.7 Å². The van der Waals surface area contributed by atoms with Gasteiger partial charge in [-0.05, 0) is 25.5 Å². The van der Waals surface area contributed by atoms with Crippen LogP contribution in [-0.2, 0) is 12.6 Å². The zero-order chi connectivity index (χ0) is 16.2. The molecule has 3 heterocycles. The quantitative estimate of drug-likeness (QED) is 0.597. The summed E-state index contributed by atoms with van der Waals surface area (Å²) < 4.78 is 2.00. The van der Waals surface area contributed by atoms with Crippen molar-refractivity contribution in [2.75, 3.05) is 0 Å². The van der Waals surface area contributed by atoms with Crippen molar-refractivity contribution in [2.24, 2.45) is 7.05 Å². The lowest BCUT2D eigenvalue weighted by Gasteiger charge is -2.17. The van der Waals surface area contributed by atoms with Crippen LogP contribution in [0.1, 0.15) is 19.4 Å². The third-order valence-electron chi connectivity index (χ3n) is 4.27. The number of benzene rings is 1. The number of aromatic nitrogens is 4. The first-order chi connectivity index (χ1) is 10.9. The molecule has 4 aromatic rings. The van der Waals surface area contributed by atoms with Crippen LogP contribution < -0.4 is 0 Å². The van der Waals surface area contributed by atoms with Crippen molar-refractivity contribution in [3.63, 3.8) is 0 Å². The summed E-state index contributed by atoms with van der Waals surface area (Å²) in [6.45, 7) is 3.57. The van der Waals surface area contributed by atoms with E-state index in [9.17, 15) is 5.11 Å². The number of rotatable bonds is 2. The second kappa shape index (κ2) is 4.67. The highest BCUT2D eigenvalue weighted by atomic mass is 16.3. The number of hydrogen-bond donors (Lipinski definition) is 2. The predicted molar refractivity (Wildman–Crippen MR) is 91.0 cm³/mol. The molecule has 0 bridgehead atoms. The molecule has 1 aromatic carbocycles. The molecule has 4 rings (SSSR count). The van der Waals surface area contributed by atoms with Crippen LogP contribution in [0.5, 0.6) is 0 Å². The normalized spacial score (nSPS) is 12.3.